The largest absolute Gasteiger partial charge is 0.490 e. The summed E-state index contributed by atoms with van der Waals surface area (Å²) in [5.74, 6) is 0.576. The van der Waals surface area contributed by atoms with Crippen LogP contribution in [0.15, 0.2) is 47.4 Å². The molecule has 0 saturated carbocycles. The molecule has 0 radical (unpaired) electrons. The summed E-state index contributed by atoms with van der Waals surface area (Å²) in [6.45, 7) is 5.52. The van der Waals surface area contributed by atoms with E-state index >= 15 is 0 Å². The predicted octanol–water partition coefficient (Wildman–Crippen LogP) is 5.64. The van der Waals surface area contributed by atoms with Crippen LogP contribution in [0.5, 0.6) is 11.5 Å². The fraction of sp³-hybridized carbons (Fsp3) is 0.346. The van der Waals surface area contributed by atoms with E-state index in [2.05, 4.69) is 12.2 Å². The number of thiocarbonyl (C=S) groups is 1. The van der Waals surface area contributed by atoms with Crippen LogP contribution in [0.4, 0.5) is 10.5 Å². The Bertz CT molecular complexity index is 1130. The Hall–Kier alpha value is -2.88. The number of hydrogen-bond donors (Lipinski definition) is 1. The number of carbonyl (C=O) groups excluding carboxylic acids is 2. The first-order valence-corrected chi connectivity index (χ1v) is 12.9. The second-order valence-corrected chi connectivity index (χ2v) is 9.81. The van der Waals surface area contributed by atoms with Crippen LogP contribution in [0, 0.1) is 0 Å². The van der Waals surface area contributed by atoms with Crippen molar-refractivity contribution in [2.24, 2.45) is 0 Å². The second-order valence-electron chi connectivity index (χ2n) is 8.13. The summed E-state index contributed by atoms with van der Waals surface area (Å²) < 4.78 is 17.4. The van der Waals surface area contributed by atoms with Crippen LogP contribution < -0.4 is 14.8 Å². The summed E-state index contributed by atoms with van der Waals surface area (Å²) in [7, 11) is 0. The van der Waals surface area contributed by atoms with Gasteiger partial charge in [-0.05, 0) is 67.7 Å². The van der Waals surface area contributed by atoms with Crippen molar-refractivity contribution in [1.29, 1.82) is 0 Å². The van der Waals surface area contributed by atoms with Gasteiger partial charge in [-0.2, -0.15) is 0 Å². The highest BCUT2D eigenvalue weighted by Gasteiger charge is 2.34. The van der Waals surface area contributed by atoms with Gasteiger partial charge in [-0.15, -0.1) is 0 Å². The topological polar surface area (TPSA) is 77.1 Å². The van der Waals surface area contributed by atoms with E-state index in [0.717, 1.165) is 31.4 Å². The quantitative estimate of drug-likeness (QED) is 0.362. The van der Waals surface area contributed by atoms with Gasteiger partial charge in [0.1, 0.15) is 4.32 Å². The van der Waals surface area contributed by atoms with Crippen molar-refractivity contribution in [3.05, 3.63) is 58.5 Å². The first-order chi connectivity index (χ1) is 17.0. The maximum atomic E-state index is 12.9. The third-order valence-electron chi connectivity index (χ3n) is 5.66. The minimum absolute atomic E-state index is 0.0357. The molecule has 2 fully saturated rings. The van der Waals surface area contributed by atoms with Crippen molar-refractivity contribution < 1.29 is 23.8 Å². The average molecular weight is 513 g/mol. The van der Waals surface area contributed by atoms with E-state index in [1.54, 1.807) is 29.2 Å². The molecule has 184 valence electrons. The lowest BCUT2D eigenvalue weighted by atomic mass is 10.1. The maximum Gasteiger partial charge on any atom is 0.417 e. The fourth-order valence-corrected chi connectivity index (χ4v) is 5.11. The molecule has 2 heterocycles. The standard InChI is InChI=1S/C26H28N2O5S2/c1-3-17-7-10-19(11-8-17)27-25(30)33-21-12-9-18(14-22(21)31-4-2)15-23-24(29)28(26(34)35-23)16-20-6-5-13-32-20/h7-12,14-15,20H,3-6,13,16H2,1-2H3,(H,27,30)/b23-15+/t20-/m1/s1. The minimum atomic E-state index is -0.613. The van der Waals surface area contributed by atoms with Crippen molar-refractivity contribution in [3.8, 4) is 11.5 Å². The van der Waals surface area contributed by atoms with Crippen LogP contribution in [-0.4, -0.2) is 47.1 Å². The first-order valence-electron chi connectivity index (χ1n) is 11.7. The maximum absolute atomic E-state index is 12.9. The molecule has 0 bridgehead atoms. The molecule has 2 aliphatic rings. The van der Waals surface area contributed by atoms with E-state index in [4.69, 9.17) is 26.4 Å². The van der Waals surface area contributed by atoms with Gasteiger partial charge in [0, 0.05) is 12.3 Å². The van der Waals surface area contributed by atoms with Crippen LogP contribution >= 0.6 is 24.0 Å². The summed E-state index contributed by atoms with van der Waals surface area (Å²) in [5.41, 5.74) is 2.57. The fourth-order valence-electron chi connectivity index (χ4n) is 3.83. The Balaban J connectivity index is 1.45. The Morgan fingerprint density at radius 2 is 2.03 bits per heavy atom. The van der Waals surface area contributed by atoms with Crippen LogP contribution in [-0.2, 0) is 16.0 Å². The Morgan fingerprint density at radius 1 is 1.23 bits per heavy atom. The summed E-state index contributed by atoms with van der Waals surface area (Å²) in [6, 6.07) is 12.8. The monoisotopic (exact) mass is 512 g/mol. The van der Waals surface area contributed by atoms with E-state index in [-0.39, 0.29) is 17.8 Å². The minimum Gasteiger partial charge on any atom is -0.490 e. The highest BCUT2D eigenvalue weighted by molar-refractivity contribution is 8.26. The number of carbonyl (C=O) groups is 2. The molecule has 7 nitrogen and oxygen atoms in total. The molecule has 1 atom stereocenters. The molecule has 0 aliphatic carbocycles. The molecule has 0 spiro atoms. The SMILES string of the molecule is CCOc1cc(/C=C2/SC(=S)N(C[C@H]3CCCO3)C2=O)ccc1OC(=O)Nc1ccc(CC)cc1. The number of anilines is 1. The molecule has 2 aromatic rings. The van der Waals surface area contributed by atoms with Crippen LogP contribution in [0.1, 0.15) is 37.8 Å². The lowest BCUT2D eigenvalue weighted by Gasteiger charge is -2.18. The zero-order valence-corrected chi connectivity index (χ0v) is 21.4. The number of nitrogens with zero attached hydrogens (tertiary/aromatic N) is 1. The van der Waals surface area contributed by atoms with Gasteiger partial charge in [0.05, 0.1) is 24.2 Å². The molecule has 2 aliphatic heterocycles. The van der Waals surface area contributed by atoms with Gasteiger partial charge in [-0.3, -0.25) is 15.0 Å². The number of hydrogen-bond acceptors (Lipinski definition) is 7. The second kappa shape index (κ2) is 11.7. The molecule has 2 saturated heterocycles. The third kappa shape index (κ3) is 6.42. The van der Waals surface area contributed by atoms with E-state index in [0.29, 0.717) is 33.8 Å². The molecule has 1 N–H and O–H groups in total. The van der Waals surface area contributed by atoms with Crippen molar-refractivity contribution in [2.75, 3.05) is 25.1 Å². The average Bonchev–Trinajstić information content (AvgIpc) is 3.45. The highest BCUT2D eigenvalue weighted by atomic mass is 32.2. The molecule has 35 heavy (non-hydrogen) atoms. The zero-order valence-electron chi connectivity index (χ0n) is 19.7. The van der Waals surface area contributed by atoms with Gasteiger partial charge < -0.3 is 14.2 Å². The smallest absolute Gasteiger partial charge is 0.417 e. The van der Waals surface area contributed by atoms with Gasteiger partial charge in [-0.25, -0.2) is 4.79 Å². The Labute approximate surface area is 214 Å². The molecular weight excluding hydrogens is 484 g/mol. The summed E-state index contributed by atoms with van der Waals surface area (Å²) >= 11 is 6.71. The van der Waals surface area contributed by atoms with Crippen LogP contribution in [0.25, 0.3) is 6.08 Å². The van der Waals surface area contributed by atoms with Crippen LogP contribution in [0.3, 0.4) is 0 Å². The van der Waals surface area contributed by atoms with Crippen molar-refractivity contribution in [2.45, 2.75) is 39.2 Å². The Kier molecular flexibility index (Phi) is 8.43. The number of benzene rings is 2. The zero-order chi connectivity index (χ0) is 24.8. The molecular formula is C26H28N2O5S2. The number of amides is 2. The van der Waals surface area contributed by atoms with Gasteiger partial charge >= 0.3 is 6.09 Å². The number of rotatable bonds is 8. The Morgan fingerprint density at radius 3 is 2.71 bits per heavy atom. The van der Waals surface area contributed by atoms with Crippen molar-refractivity contribution in [3.63, 3.8) is 0 Å². The lowest BCUT2D eigenvalue weighted by Crippen LogP contribution is -2.35. The number of nitrogens with one attached hydrogen (secondary N) is 1. The molecule has 9 heteroatoms. The first kappa shape index (κ1) is 25.2. The number of ether oxygens (including phenoxy) is 3. The van der Waals surface area contributed by atoms with E-state index < -0.39 is 6.09 Å². The predicted molar refractivity (Wildman–Crippen MR) is 142 cm³/mol. The van der Waals surface area contributed by atoms with E-state index in [1.165, 1.54) is 17.3 Å². The number of thioether (sulfide) groups is 1. The van der Waals surface area contributed by atoms with E-state index in [1.807, 2.05) is 31.2 Å². The van der Waals surface area contributed by atoms with Gasteiger partial charge in [-0.1, -0.05) is 49.1 Å². The summed E-state index contributed by atoms with van der Waals surface area (Å²) in [5, 5.41) is 2.72. The van der Waals surface area contributed by atoms with Crippen LogP contribution in [0.2, 0.25) is 0 Å². The molecule has 4 rings (SSSR count). The summed E-state index contributed by atoms with van der Waals surface area (Å²) in [6.07, 6.45) is 4.07. The van der Waals surface area contributed by atoms with Gasteiger partial charge in [0.25, 0.3) is 5.91 Å². The molecule has 2 amide bonds. The molecule has 0 unspecified atom stereocenters. The highest BCUT2D eigenvalue weighted by Crippen LogP contribution is 2.35. The van der Waals surface area contributed by atoms with E-state index in [9.17, 15) is 9.59 Å². The van der Waals surface area contributed by atoms with Crippen molar-refractivity contribution in [1.82, 2.24) is 4.90 Å². The molecule has 0 aromatic heterocycles. The summed E-state index contributed by atoms with van der Waals surface area (Å²) in [4.78, 5) is 27.5. The molecule has 2 aromatic carbocycles. The third-order valence-corrected chi connectivity index (χ3v) is 7.04. The van der Waals surface area contributed by atoms with Crippen molar-refractivity contribution >= 4 is 52.1 Å². The lowest BCUT2D eigenvalue weighted by molar-refractivity contribution is -0.123. The number of aryl methyl sites for hydroxylation is 1. The normalized spacial score (nSPS) is 18.9. The van der Waals surface area contributed by atoms with Gasteiger partial charge in [0.15, 0.2) is 11.5 Å². The van der Waals surface area contributed by atoms with Gasteiger partial charge in [0.2, 0.25) is 0 Å².